The molecular weight excluding hydrogens is 164 g/mol. The quantitative estimate of drug-likeness (QED) is 0.775. The van der Waals surface area contributed by atoms with Gasteiger partial charge in [0.25, 0.3) is 0 Å². The molecule has 1 aromatic heterocycles. The van der Waals surface area contributed by atoms with E-state index in [0.717, 1.165) is 30.3 Å². The average molecular weight is 182 g/mol. The van der Waals surface area contributed by atoms with E-state index in [9.17, 15) is 0 Å². The van der Waals surface area contributed by atoms with Gasteiger partial charge in [-0.15, -0.1) is 0 Å². The molecule has 1 rings (SSSR count). The molecule has 13 heavy (non-hydrogen) atoms. The van der Waals surface area contributed by atoms with Crippen LogP contribution in [0, 0.1) is 13.8 Å². The molecule has 0 saturated heterocycles. The fourth-order valence-electron chi connectivity index (χ4n) is 1.15. The minimum Gasteiger partial charge on any atom is -0.444 e. The molecule has 0 amide bonds. The average Bonchev–Trinajstić information content (AvgIpc) is 2.41. The van der Waals surface area contributed by atoms with E-state index in [1.807, 2.05) is 13.8 Å². The van der Waals surface area contributed by atoms with E-state index in [0.29, 0.717) is 6.04 Å². The molecule has 1 N–H and O–H groups in total. The second-order valence-electron chi connectivity index (χ2n) is 3.43. The van der Waals surface area contributed by atoms with Crippen LogP contribution in [0.1, 0.15) is 37.6 Å². The molecule has 0 saturated carbocycles. The number of hydrogen-bond acceptors (Lipinski definition) is 3. The molecule has 0 aliphatic heterocycles. The Morgan fingerprint density at radius 2 is 2.15 bits per heavy atom. The lowest BCUT2D eigenvalue weighted by Crippen LogP contribution is -2.24. The highest BCUT2D eigenvalue weighted by Crippen LogP contribution is 2.08. The van der Waals surface area contributed by atoms with Crippen LogP contribution in [0.3, 0.4) is 0 Å². The normalized spacial score (nSPS) is 13.2. The Morgan fingerprint density at radius 3 is 2.62 bits per heavy atom. The van der Waals surface area contributed by atoms with Crippen molar-refractivity contribution in [1.82, 2.24) is 10.3 Å². The molecule has 0 aliphatic rings. The van der Waals surface area contributed by atoms with Crippen LogP contribution in [0.15, 0.2) is 4.42 Å². The zero-order valence-corrected chi connectivity index (χ0v) is 8.85. The maximum absolute atomic E-state index is 5.44. The summed E-state index contributed by atoms with van der Waals surface area (Å²) in [5.41, 5.74) is 0.994. The second kappa shape index (κ2) is 4.42. The number of nitrogens with one attached hydrogen (secondary N) is 1. The fourth-order valence-corrected chi connectivity index (χ4v) is 1.15. The van der Waals surface area contributed by atoms with Crippen LogP contribution >= 0.6 is 0 Å². The number of hydrogen-bond donors (Lipinski definition) is 1. The number of aromatic nitrogens is 1. The number of rotatable bonds is 4. The molecule has 1 heterocycles. The molecule has 0 spiro atoms. The Morgan fingerprint density at radius 1 is 1.46 bits per heavy atom. The van der Waals surface area contributed by atoms with E-state index < -0.39 is 0 Å². The van der Waals surface area contributed by atoms with Gasteiger partial charge < -0.3 is 9.73 Å². The van der Waals surface area contributed by atoms with E-state index >= 15 is 0 Å². The number of oxazole rings is 1. The first kappa shape index (κ1) is 10.3. The number of aryl methyl sites for hydroxylation is 2. The summed E-state index contributed by atoms with van der Waals surface area (Å²) in [6.45, 7) is 8.96. The van der Waals surface area contributed by atoms with Gasteiger partial charge in [-0.1, -0.05) is 6.92 Å². The van der Waals surface area contributed by atoms with Crippen LogP contribution in [0.2, 0.25) is 0 Å². The van der Waals surface area contributed by atoms with Crippen molar-refractivity contribution in [2.24, 2.45) is 0 Å². The maximum atomic E-state index is 5.44. The van der Waals surface area contributed by atoms with Gasteiger partial charge in [0, 0.05) is 13.0 Å². The van der Waals surface area contributed by atoms with Crippen molar-refractivity contribution in [3.05, 3.63) is 17.3 Å². The van der Waals surface area contributed by atoms with Gasteiger partial charge in [0.15, 0.2) is 5.89 Å². The summed E-state index contributed by atoms with van der Waals surface area (Å²) in [4.78, 5) is 4.21. The highest BCUT2D eigenvalue weighted by atomic mass is 16.4. The lowest BCUT2D eigenvalue weighted by atomic mass is 10.2. The van der Waals surface area contributed by atoms with Crippen molar-refractivity contribution < 1.29 is 4.42 Å². The number of nitrogens with zero attached hydrogens (tertiary/aromatic N) is 1. The molecule has 1 aromatic rings. The maximum Gasteiger partial charge on any atom is 0.191 e. The first-order valence-electron chi connectivity index (χ1n) is 4.79. The molecule has 1 atom stereocenters. The Kier molecular flexibility index (Phi) is 3.48. The van der Waals surface area contributed by atoms with Crippen LogP contribution in [0.5, 0.6) is 0 Å². The van der Waals surface area contributed by atoms with E-state index in [4.69, 9.17) is 4.42 Å². The van der Waals surface area contributed by atoms with Crippen molar-refractivity contribution in [2.75, 3.05) is 0 Å². The van der Waals surface area contributed by atoms with Crippen LogP contribution < -0.4 is 5.32 Å². The predicted octanol–water partition coefficient (Wildman–Crippen LogP) is 2.18. The van der Waals surface area contributed by atoms with Crippen molar-refractivity contribution >= 4 is 0 Å². The van der Waals surface area contributed by atoms with Crippen molar-refractivity contribution in [3.8, 4) is 0 Å². The minimum atomic E-state index is 0.532. The first-order valence-corrected chi connectivity index (χ1v) is 4.79. The molecule has 0 radical (unpaired) electrons. The molecule has 0 bridgehead atoms. The van der Waals surface area contributed by atoms with E-state index in [-0.39, 0.29) is 0 Å². The van der Waals surface area contributed by atoms with Gasteiger partial charge >= 0.3 is 0 Å². The summed E-state index contributed by atoms with van der Waals surface area (Å²) in [5.74, 6) is 1.70. The summed E-state index contributed by atoms with van der Waals surface area (Å²) >= 11 is 0. The molecular formula is C10H18N2O. The van der Waals surface area contributed by atoms with Gasteiger partial charge in [-0.05, 0) is 20.3 Å². The zero-order valence-electron chi connectivity index (χ0n) is 8.85. The molecule has 0 aliphatic carbocycles. The van der Waals surface area contributed by atoms with Gasteiger partial charge in [0.1, 0.15) is 5.76 Å². The van der Waals surface area contributed by atoms with E-state index in [1.165, 1.54) is 0 Å². The van der Waals surface area contributed by atoms with Crippen LogP contribution in [-0.4, -0.2) is 11.0 Å². The lowest BCUT2D eigenvalue weighted by molar-refractivity contribution is 0.431. The third-order valence-electron chi connectivity index (χ3n) is 2.22. The van der Waals surface area contributed by atoms with Gasteiger partial charge in [0.2, 0.25) is 0 Å². The van der Waals surface area contributed by atoms with Gasteiger partial charge in [-0.3, -0.25) is 0 Å². The van der Waals surface area contributed by atoms with Crippen LogP contribution in [0.4, 0.5) is 0 Å². The Balaban J connectivity index is 2.49. The van der Waals surface area contributed by atoms with Crippen molar-refractivity contribution in [2.45, 2.75) is 46.7 Å². The Bertz CT molecular complexity index is 268. The van der Waals surface area contributed by atoms with Gasteiger partial charge in [0.05, 0.1) is 12.2 Å². The zero-order chi connectivity index (χ0) is 9.84. The Hall–Kier alpha value is -0.830. The van der Waals surface area contributed by atoms with Crippen LogP contribution in [0.25, 0.3) is 0 Å². The Labute approximate surface area is 79.5 Å². The molecule has 0 aromatic carbocycles. The molecule has 0 fully saturated rings. The minimum absolute atomic E-state index is 0.532. The molecule has 74 valence electrons. The molecule has 1 unspecified atom stereocenters. The first-order chi connectivity index (χ1) is 6.13. The predicted molar refractivity (Wildman–Crippen MR) is 52.6 cm³/mol. The molecule has 3 nitrogen and oxygen atoms in total. The third-order valence-corrected chi connectivity index (χ3v) is 2.22. The summed E-state index contributed by atoms with van der Waals surface area (Å²) in [6, 6.07) is 0.532. The highest BCUT2D eigenvalue weighted by Gasteiger charge is 2.06. The summed E-state index contributed by atoms with van der Waals surface area (Å²) in [5, 5.41) is 3.37. The van der Waals surface area contributed by atoms with E-state index in [1.54, 1.807) is 0 Å². The van der Waals surface area contributed by atoms with Crippen LogP contribution in [-0.2, 0) is 6.54 Å². The summed E-state index contributed by atoms with van der Waals surface area (Å²) in [6.07, 6.45) is 1.13. The summed E-state index contributed by atoms with van der Waals surface area (Å²) < 4.78 is 5.44. The topological polar surface area (TPSA) is 38.1 Å². The fraction of sp³-hybridized carbons (Fsp3) is 0.700. The van der Waals surface area contributed by atoms with Crippen molar-refractivity contribution in [3.63, 3.8) is 0 Å². The smallest absolute Gasteiger partial charge is 0.191 e. The summed E-state index contributed by atoms with van der Waals surface area (Å²) in [7, 11) is 0. The van der Waals surface area contributed by atoms with Gasteiger partial charge in [-0.2, -0.15) is 0 Å². The largest absolute Gasteiger partial charge is 0.444 e. The molecule has 3 heteroatoms. The SMILES string of the molecule is CCC(C)NCc1oc(C)nc1C. The van der Waals surface area contributed by atoms with E-state index in [2.05, 4.69) is 24.1 Å². The second-order valence-corrected chi connectivity index (χ2v) is 3.43. The monoisotopic (exact) mass is 182 g/mol. The lowest BCUT2D eigenvalue weighted by Gasteiger charge is -2.09. The highest BCUT2D eigenvalue weighted by molar-refractivity contribution is 5.06. The van der Waals surface area contributed by atoms with Crippen molar-refractivity contribution in [1.29, 1.82) is 0 Å². The standard InChI is InChI=1S/C10H18N2O/c1-5-7(2)11-6-10-8(3)12-9(4)13-10/h7,11H,5-6H2,1-4H3. The third kappa shape index (κ3) is 2.84. The van der Waals surface area contributed by atoms with Gasteiger partial charge in [-0.25, -0.2) is 4.98 Å².